The van der Waals surface area contributed by atoms with Crippen LogP contribution in [0.4, 0.5) is 4.79 Å². The van der Waals surface area contributed by atoms with Crippen LogP contribution in [-0.2, 0) is 36.8 Å². The molecule has 0 bridgehead atoms. The first-order valence-electron chi connectivity index (χ1n) is 17.8. The molecule has 0 spiro atoms. The second-order valence-electron chi connectivity index (χ2n) is 13.5. The Labute approximate surface area is 321 Å². The zero-order valence-electron chi connectivity index (χ0n) is 31.3. The van der Waals surface area contributed by atoms with Crippen LogP contribution in [0.2, 0.25) is 0 Å². The molecule has 0 saturated carbocycles. The molecule has 1 saturated heterocycles. The lowest BCUT2D eigenvalue weighted by atomic mass is 10.0. The Morgan fingerprint density at radius 2 is 1.57 bits per heavy atom. The molecule has 8 atom stereocenters. The quantitative estimate of drug-likeness (QED) is 0.0786. The average Bonchev–Trinajstić information content (AvgIpc) is 3.54. The summed E-state index contributed by atoms with van der Waals surface area (Å²) in [6.07, 6.45) is -2.09. The van der Waals surface area contributed by atoms with Gasteiger partial charge < -0.3 is 51.6 Å². The number of methoxy groups -OCH3 is 1. The number of carbonyl (C=O) groups is 5. The van der Waals surface area contributed by atoms with Crippen LogP contribution < -0.4 is 43.0 Å². The number of ether oxygens (including phenoxy) is 2. The first-order chi connectivity index (χ1) is 26.6. The van der Waals surface area contributed by atoms with Crippen molar-refractivity contribution >= 4 is 29.7 Å². The van der Waals surface area contributed by atoms with Crippen LogP contribution in [0.15, 0.2) is 76.4 Å². The van der Waals surface area contributed by atoms with Gasteiger partial charge in [0, 0.05) is 45.1 Å². The maximum Gasteiger partial charge on any atom is 0.330 e. The number of amides is 5. The van der Waals surface area contributed by atoms with Crippen molar-refractivity contribution in [2.45, 2.75) is 81.8 Å². The number of nitrogens with one attached hydrogen (secondary N) is 5. The van der Waals surface area contributed by atoms with Gasteiger partial charge in [0.1, 0.15) is 30.0 Å². The molecule has 3 aromatic rings. The Kier molecular flexibility index (Phi) is 14.9. The molecule has 2 aromatic carbocycles. The number of aromatic amines is 1. The lowest BCUT2D eigenvalue weighted by Gasteiger charge is -2.34. The molecule has 1 aliphatic heterocycles. The molecule has 4 rings (SSSR count). The van der Waals surface area contributed by atoms with Gasteiger partial charge in [-0.25, -0.2) is 14.4 Å². The number of carboxylic acid groups (broad SMARTS) is 1. The summed E-state index contributed by atoms with van der Waals surface area (Å²) in [4.78, 5) is 93.4. The molecule has 56 heavy (non-hydrogen) atoms. The maximum atomic E-state index is 14.1. The van der Waals surface area contributed by atoms with E-state index in [0.29, 0.717) is 16.9 Å². The number of aliphatic hydroxyl groups is 1. The van der Waals surface area contributed by atoms with Gasteiger partial charge in [0.25, 0.3) is 5.56 Å². The number of hydrogen-bond acceptors (Lipinski definition) is 11. The summed E-state index contributed by atoms with van der Waals surface area (Å²) in [5.74, 6) is -2.87. The Bertz CT molecular complexity index is 1950. The molecule has 9 N–H and O–H groups in total. The van der Waals surface area contributed by atoms with Crippen LogP contribution in [0, 0.1) is 0 Å². The highest BCUT2D eigenvalue weighted by Gasteiger charge is 2.38. The molecule has 302 valence electrons. The predicted octanol–water partition coefficient (Wildman–Crippen LogP) is -1.40. The van der Waals surface area contributed by atoms with E-state index in [2.05, 4.69) is 26.3 Å². The van der Waals surface area contributed by atoms with Crippen molar-refractivity contribution < 1.29 is 43.7 Å². The van der Waals surface area contributed by atoms with Crippen molar-refractivity contribution in [3.63, 3.8) is 0 Å². The van der Waals surface area contributed by atoms with E-state index in [1.807, 2.05) is 0 Å². The highest BCUT2D eigenvalue weighted by atomic mass is 16.5. The number of benzene rings is 2. The molecule has 0 radical (unpaired) electrons. The van der Waals surface area contributed by atoms with E-state index in [4.69, 9.17) is 15.2 Å². The van der Waals surface area contributed by atoms with Crippen LogP contribution >= 0.6 is 0 Å². The molecule has 19 heteroatoms. The van der Waals surface area contributed by atoms with Crippen molar-refractivity contribution in [3.05, 3.63) is 98.8 Å². The normalized spacial score (nSPS) is 19.0. The summed E-state index contributed by atoms with van der Waals surface area (Å²) in [5.41, 5.74) is 5.64. The van der Waals surface area contributed by atoms with Gasteiger partial charge in [0.05, 0.1) is 25.3 Å². The summed E-state index contributed by atoms with van der Waals surface area (Å²) in [7, 11) is 2.90. The monoisotopic (exact) mass is 780 g/mol. The molecule has 2 heterocycles. The van der Waals surface area contributed by atoms with E-state index < -0.39 is 89.6 Å². The number of H-pyrrole nitrogens is 1. The molecular weight excluding hydrogens is 732 g/mol. The third-order valence-electron chi connectivity index (χ3n) is 9.31. The largest absolute Gasteiger partial charge is 0.497 e. The van der Waals surface area contributed by atoms with Crippen LogP contribution in [0.25, 0.3) is 0 Å². The second kappa shape index (κ2) is 19.5. The number of aromatic nitrogens is 2. The van der Waals surface area contributed by atoms with Crippen LogP contribution in [0.3, 0.4) is 0 Å². The van der Waals surface area contributed by atoms with Gasteiger partial charge in [-0.2, -0.15) is 0 Å². The van der Waals surface area contributed by atoms with Gasteiger partial charge in [-0.05, 0) is 37.1 Å². The molecular formula is C37H48N8O11. The minimum atomic E-state index is -1.43. The van der Waals surface area contributed by atoms with E-state index in [1.165, 1.54) is 39.1 Å². The maximum absolute atomic E-state index is 14.1. The van der Waals surface area contributed by atoms with E-state index in [9.17, 15) is 43.8 Å². The molecule has 1 aromatic heterocycles. The standard InChI is InChI=1S/C37H48N8O11/c1-20(38)33(50)44(3)21(2)30(32(49)39-19-25-18-28(46)34(56-25)45-15-14-29(47)42-37(45)54)43-31(48)26(16-22-8-6-5-7-9-22)40-36(53)41-27(35(51)52)17-23-10-12-24(55-4)13-11-23/h5-15,20-21,25-28,30,34,46H,16-19,38H2,1-4H3,(H,39,49)(H,43,48)(H,51,52)(H2,40,41,53)(H,42,47,54)/t20-,21-,25+,26-,27-,28+,30-,34+/m0/s1. The van der Waals surface area contributed by atoms with Gasteiger partial charge >= 0.3 is 17.7 Å². The summed E-state index contributed by atoms with van der Waals surface area (Å²) in [6.45, 7) is 2.79. The number of carbonyl (C=O) groups excluding carboxylic acids is 4. The fourth-order valence-corrected chi connectivity index (χ4v) is 6.08. The molecule has 5 amide bonds. The zero-order valence-corrected chi connectivity index (χ0v) is 31.3. The zero-order chi connectivity index (χ0) is 41.1. The first-order valence-corrected chi connectivity index (χ1v) is 17.8. The number of urea groups is 1. The van der Waals surface area contributed by atoms with Gasteiger partial charge in [-0.15, -0.1) is 0 Å². The third kappa shape index (κ3) is 11.5. The van der Waals surface area contributed by atoms with Crippen LogP contribution in [-0.4, -0.2) is 118 Å². The van der Waals surface area contributed by atoms with Crippen LogP contribution in [0.5, 0.6) is 5.75 Å². The minimum Gasteiger partial charge on any atom is -0.497 e. The van der Waals surface area contributed by atoms with Gasteiger partial charge in [-0.1, -0.05) is 42.5 Å². The van der Waals surface area contributed by atoms with E-state index in [-0.39, 0.29) is 25.8 Å². The predicted molar refractivity (Wildman–Crippen MR) is 200 cm³/mol. The Morgan fingerprint density at radius 3 is 2.18 bits per heavy atom. The molecule has 0 unspecified atom stereocenters. The fourth-order valence-electron chi connectivity index (χ4n) is 6.08. The number of nitrogens with two attached hydrogens (primary N) is 1. The Balaban J connectivity index is 1.52. The number of likely N-dealkylation sites (N-methyl/N-ethyl adjacent to an activating group) is 1. The van der Waals surface area contributed by atoms with E-state index >= 15 is 0 Å². The third-order valence-corrected chi connectivity index (χ3v) is 9.31. The molecule has 19 nitrogen and oxygen atoms in total. The molecule has 1 fully saturated rings. The van der Waals surface area contributed by atoms with Crippen molar-refractivity contribution in [3.8, 4) is 5.75 Å². The summed E-state index contributed by atoms with van der Waals surface area (Å²) >= 11 is 0. The van der Waals surface area contributed by atoms with Gasteiger partial charge in [0.2, 0.25) is 17.7 Å². The molecule has 1 aliphatic rings. The Hall–Kier alpha value is -6.05. The Morgan fingerprint density at radius 1 is 0.946 bits per heavy atom. The van der Waals surface area contributed by atoms with Crippen molar-refractivity contribution in [1.82, 2.24) is 35.7 Å². The lowest BCUT2D eigenvalue weighted by Crippen LogP contribution is -2.63. The number of rotatable bonds is 17. The summed E-state index contributed by atoms with van der Waals surface area (Å²) < 4.78 is 12.0. The fraction of sp³-hybridized carbons (Fsp3) is 0.432. The van der Waals surface area contributed by atoms with E-state index in [1.54, 1.807) is 54.6 Å². The second-order valence-corrected chi connectivity index (χ2v) is 13.5. The highest BCUT2D eigenvalue weighted by Crippen LogP contribution is 2.27. The average molecular weight is 781 g/mol. The first kappa shape index (κ1) is 42.7. The van der Waals surface area contributed by atoms with Gasteiger partial charge in [-0.3, -0.25) is 28.7 Å². The summed E-state index contributed by atoms with van der Waals surface area (Å²) in [6, 6.07) is 9.33. The smallest absolute Gasteiger partial charge is 0.330 e. The van der Waals surface area contributed by atoms with Crippen molar-refractivity contribution in [2.24, 2.45) is 5.73 Å². The number of hydrogen-bond donors (Lipinski definition) is 8. The van der Waals surface area contributed by atoms with Crippen molar-refractivity contribution in [2.75, 3.05) is 20.7 Å². The number of nitrogens with zero attached hydrogens (tertiary/aromatic N) is 2. The number of aliphatic carboxylic acids is 1. The lowest BCUT2D eigenvalue weighted by molar-refractivity contribution is -0.139. The van der Waals surface area contributed by atoms with Crippen LogP contribution in [0.1, 0.15) is 37.6 Å². The highest BCUT2D eigenvalue weighted by molar-refractivity contribution is 5.93. The number of carboxylic acids is 1. The SMILES string of the molecule is COc1ccc(C[C@H](NC(=O)N[C@@H](Cc2ccccc2)C(=O)N[C@H](C(=O)NC[C@H]2C[C@@H](O)[C@H](n3ccc(=O)[nH]c3=O)O2)[C@H](C)N(C)C(=O)[C@H](C)N)C(=O)O)cc1. The van der Waals surface area contributed by atoms with Gasteiger partial charge in [0.15, 0.2) is 6.23 Å². The molecule has 0 aliphatic carbocycles. The number of aliphatic hydroxyl groups excluding tert-OH is 1. The summed E-state index contributed by atoms with van der Waals surface area (Å²) in [5, 5.41) is 30.8. The van der Waals surface area contributed by atoms with E-state index in [0.717, 1.165) is 10.6 Å². The van der Waals surface area contributed by atoms with Crippen molar-refractivity contribution in [1.29, 1.82) is 0 Å². The topological polar surface area (TPSA) is 277 Å². The minimum absolute atomic E-state index is 0.000151.